The molecule has 1 heterocycles. The van der Waals surface area contributed by atoms with Crippen molar-refractivity contribution in [2.24, 2.45) is 0 Å². The first-order valence-electron chi connectivity index (χ1n) is 7.76. The Labute approximate surface area is 125 Å². The number of halogens is 1. The molecule has 2 aromatic rings. The van der Waals surface area contributed by atoms with Crippen molar-refractivity contribution in [2.45, 2.75) is 51.6 Å². The lowest BCUT2D eigenvalue weighted by atomic mass is 9.96. The quantitative estimate of drug-likeness (QED) is 0.916. The first-order chi connectivity index (χ1) is 10.2. The van der Waals surface area contributed by atoms with Gasteiger partial charge in [0.15, 0.2) is 0 Å². The van der Waals surface area contributed by atoms with Gasteiger partial charge in [-0.1, -0.05) is 37.5 Å². The summed E-state index contributed by atoms with van der Waals surface area (Å²) in [6.45, 7) is 2.49. The number of aromatic nitrogens is 2. The molecule has 1 aromatic carbocycles. The molecular formula is C17H22FN3. The Morgan fingerprint density at radius 2 is 2.00 bits per heavy atom. The Hall–Kier alpha value is -1.84. The molecular weight excluding hydrogens is 265 g/mol. The molecule has 1 N–H and O–H groups in total. The van der Waals surface area contributed by atoms with Crippen LogP contribution in [0.1, 0.15) is 43.4 Å². The number of anilines is 1. The van der Waals surface area contributed by atoms with Crippen molar-refractivity contribution in [3.63, 3.8) is 0 Å². The van der Waals surface area contributed by atoms with Crippen molar-refractivity contribution in [3.8, 4) is 0 Å². The van der Waals surface area contributed by atoms with Crippen molar-refractivity contribution in [1.82, 2.24) is 9.55 Å². The van der Waals surface area contributed by atoms with Crippen molar-refractivity contribution < 1.29 is 4.39 Å². The molecule has 0 atom stereocenters. The predicted molar refractivity (Wildman–Crippen MR) is 83.0 cm³/mol. The van der Waals surface area contributed by atoms with Gasteiger partial charge in [0.05, 0.1) is 12.2 Å². The summed E-state index contributed by atoms with van der Waals surface area (Å²) >= 11 is 0. The Bertz CT molecular complexity index is 600. The SMILES string of the molecule is Cc1cn(Cc2ccccc2F)c(NC2CCCCC2)n1. The van der Waals surface area contributed by atoms with E-state index in [4.69, 9.17) is 0 Å². The van der Waals surface area contributed by atoms with E-state index in [1.807, 2.05) is 29.8 Å². The molecule has 1 aliphatic rings. The van der Waals surface area contributed by atoms with Gasteiger partial charge < -0.3 is 9.88 Å². The first-order valence-corrected chi connectivity index (χ1v) is 7.76. The van der Waals surface area contributed by atoms with Crippen LogP contribution in [0, 0.1) is 12.7 Å². The summed E-state index contributed by atoms with van der Waals surface area (Å²) in [6.07, 6.45) is 8.28. The molecule has 0 amide bonds. The Morgan fingerprint density at radius 3 is 2.76 bits per heavy atom. The van der Waals surface area contributed by atoms with Crippen LogP contribution in [0.5, 0.6) is 0 Å². The van der Waals surface area contributed by atoms with E-state index in [0.29, 0.717) is 18.2 Å². The summed E-state index contributed by atoms with van der Waals surface area (Å²) in [4.78, 5) is 4.56. The summed E-state index contributed by atoms with van der Waals surface area (Å²) in [5.41, 5.74) is 1.66. The smallest absolute Gasteiger partial charge is 0.203 e. The highest BCUT2D eigenvalue weighted by Crippen LogP contribution is 2.22. The molecule has 0 bridgehead atoms. The molecule has 1 aliphatic carbocycles. The second-order valence-electron chi connectivity index (χ2n) is 5.90. The van der Waals surface area contributed by atoms with Crippen LogP contribution in [-0.4, -0.2) is 15.6 Å². The first kappa shape index (κ1) is 14.1. The minimum atomic E-state index is -0.160. The van der Waals surface area contributed by atoms with Crippen LogP contribution < -0.4 is 5.32 Å². The number of nitrogens with one attached hydrogen (secondary N) is 1. The lowest BCUT2D eigenvalue weighted by Crippen LogP contribution is -2.24. The zero-order chi connectivity index (χ0) is 14.7. The molecule has 4 heteroatoms. The third-order valence-corrected chi connectivity index (χ3v) is 4.13. The molecule has 3 nitrogen and oxygen atoms in total. The van der Waals surface area contributed by atoms with Crippen LogP contribution >= 0.6 is 0 Å². The number of hydrogen-bond donors (Lipinski definition) is 1. The maximum absolute atomic E-state index is 13.8. The van der Waals surface area contributed by atoms with Crippen LogP contribution in [0.15, 0.2) is 30.5 Å². The van der Waals surface area contributed by atoms with E-state index < -0.39 is 0 Å². The largest absolute Gasteiger partial charge is 0.353 e. The van der Waals surface area contributed by atoms with E-state index in [0.717, 1.165) is 11.6 Å². The van der Waals surface area contributed by atoms with Crippen molar-refractivity contribution in [1.29, 1.82) is 0 Å². The highest BCUT2D eigenvalue weighted by Gasteiger charge is 2.16. The highest BCUT2D eigenvalue weighted by molar-refractivity contribution is 5.32. The van der Waals surface area contributed by atoms with Gasteiger partial charge in [0, 0.05) is 17.8 Å². The van der Waals surface area contributed by atoms with E-state index in [2.05, 4.69) is 10.3 Å². The molecule has 1 saturated carbocycles. The number of hydrogen-bond acceptors (Lipinski definition) is 2. The van der Waals surface area contributed by atoms with Gasteiger partial charge in [-0.05, 0) is 25.8 Å². The summed E-state index contributed by atoms with van der Waals surface area (Å²) in [5, 5.41) is 3.54. The molecule has 1 aromatic heterocycles. The predicted octanol–water partition coefficient (Wildman–Crippen LogP) is 4.12. The van der Waals surface area contributed by atoms with Gasteiger partial charge >= 0.3 is 0 Å². The minimum Gasteiger partial charge on any atom is -0.353 e. The van der Waals surface area contributed by atoms with Gasteiger partial charge in [0.1, 0.15) is 5.82 Å². The average molecular weight is 287 g/mol. The molecule has 0 saturated heterocycles. The Balaban J connectivity index is 1.77. The summed E-state index contributed by atoms with van der Waals surface area (Å²) in [6, 6.07) is 7.43. The third kappa shape index (κ3) is 3.43. The number of rotatable bonds is 4. The zero-order valence-electron chi connectivity index (χ0n) is 12.5. The van der Waals surface area contributed by atoms with Crippen molar-refractivity contribution >= 4 is 5.95 Å². The molecule has 0 spiro atoms. The van der Waals surface area contributed by atoms with Gasteiger partial charge in [-0.15, -0.1) is 0 Å². The van der Waals surface area contributed by atoms with Crippen LogP contribution in [-0.2, 0) is 6.54 Å². The monoisotopic (exact) mass is 287 g/mol. The van der Waals surface area contributed by atoms with E-state index >= 15 is 0 Å². The number of imidazole rings is 1. The van der Waals surface area contributed by atoms with Gasteiger partial charge in [-0.25, -0.2) is 9.37 Å². The topological polar surface area (TPSA) is 29.9 Å². The van der Waals surface area contributed by atoms with Gasteiger partial charge in [-0.2, -0.15) is 0 Å². The molecule has 0 unspecified atom stereocenters. The normalized spacial score (nSPS) is 16.1. The van der Waals surface area contributed by atoms with Gasteiger partial charge in [-0.3, -0.25) is 0 Å². The Morgan fingerprint density at radius 1 is 1.24 bits per heavy atom. The Kier molecular flexibility index (Phi) is 4.23. The molecule has 112 valence electrons. The molecule has 0 radical (unpaired) electrons. The highest BCUT2D eigenvalue weighted by atomic mass is 19.1. The van der Waals surface area contributed by atoms with Crippen molar-refractivity contribution in [3.05, 3.63) is 47.5 Å². The fourth-order valence-corrected chi connectivity index (χ4v) is 3.02. The van der Waals surface area contributed by atoms with Crippen LogP contribution in [0.2, 0.25) is 0 Å². The lowest BCUT2D eigenvalue weighted by molar-refractivity contribution is 0.459. The lowest BCUT2D eigenvalue weighted by Gasteiger charge is -2.23. The van der Waals surface area contributed by atoms with Gasteiger partial charge in [0.25, 0.3) is 0 Å². The van der Waals surface area contributed by atoms with E-state index in [-0.39, 0.29) is 5.82 Å². The number of aryl methyl sites for hydroxylation is 1. The van der Waals surface area contributed by atoms with E-state index in [1.165, 1.54) is 38.2 Å². The molecule has 21 heavy (non-hydrogen) atoms. The van der Waals surface area contributed by atoms with Crippen LogP contribution in [0.4, 0.5) is 10.3 Å². The maximum Gasteiger partial charge on any atom is 0.203 e. The minimum absolute atomic E-state index is 0.160. The van der Waals surface area contributed by atoms with E-state index in [1.54, 1.807) is 6.07 Å². The molecule has 0 aliphatic heterocycles. The second kappa shape index (κ2) is 6.29. The van der Waals surface area contributed by atoms with Crippen molar-refractivity contribution in [2.75, 3.05) is 5.32 Å². The van der Waals surface area contributed by atoms with Crippen LogP contribution in [0.3, 0.4) is 0 Å². The fraction of sp³-hybridized carbons (Fsp3) is 0.471. The summed E-state index contributed by atoms with van der Waals surface area (Å²) in [7, 11) is 0. The zero-order valence-corrected chi connectivity index (χ0v) is 12.5. The maximum atomic E-state index is 13.8. The summed E-state index contributed by atoms with van der Waals surface area (Å²) < 4.78 is 15.8. The fourth-order valence-electron chi connectivity index (χ4n) is 3.02. The standard InChI is InChI=1S/C17H22FN3/c1-13-11-21(12-14-7-5-6-10-16(14)18)17(19-13)20-15-8-3-2-4-9-15/h5-7,10-11,15H,2-4,8-9,12H2,1H3,(H,19,20). The third-order valence-electron chi connectivity index (χ3n) is 4.13. The molecule has 1 fully saturated rings. The molecule has 3 rings (SSSR count). The van der Waals surface area contributed by atoms with Gasteiger partial charge in [0.2, 0.25) is 5.95 Å². The van der Waals surface area contributed by atoms with E-state index in [9.17, 15) is 4.39 Å². The number of benzene rings is 1. The second-order valence-corrected chi connectivity index (χ2v) is 5.90. The van der Waals surface area contributed by atoms with Crippen LogP contribution in [0.25, 0.3) is 0 Å². The summed E-state index contributed by atoms with van der Waals surface area (Å²) in [5.74, 6) is 0.704. The average Bonchev–Trinajstić information content (AvgIpc) is 2.82. The number of nitrogens with zero attached hydrogens (tertiary/aromatic N) is 2.